The summed E-state index contributed by atoms with van der Waals surface area (Å²) in [4.78, 5) is 14.0. The van der Waals surface area contributed by atoms with Gasteiger partial charge in [0.25, 0.3) is 0 Å². The second-order valence-corrected chi connectivity index (χ2v) is 9.05. The Hall–Kier alpha value is -0.670. The summed E-state index contributed by atoms with van der Waals surface area (Å²) in [6, 6.07) is 3.25. The lowest BCUT2D eigenvalue weighted by Gasteiger charge is -2.32. The second kappa shape index (κ2) is 11.1. The van der Waals surface area contributed by atoms with Gasteiger partial charge in [0.2, 0.25) is 15.9 Å². The summed E-state index contributed by atoms with van der Waals surface area (Å²) >= 11 is 1.22. The first kappa shape index (κ1) is 22.4. The Labute approximate surface area is 160 Å². The summed E-state index contributed by atoms with van der Waals surface area (Å²) in [7, 11) is -3.42. The summed E-state index contributed by atoms with van der Waals surface area (Å²) < 4.78 is 27.5. The first-order valence-corrected chi connectivity index (χ1v) is 10.9. The molecule has 1 saturated heterocycles. The number of nitrogens with two attached hydrogens (primary N) is 1. The van der Waals surface area contributed by atoms with Crippen molar-refractivity contribution in [3.63, 3.8) is 0 Å². The molecule has 3 N–H and O–H groups in total. The van der Waals surface area contributed by atoms with Crippen LogP contribution in [0.5, 0.6) is 0 Å². The molecule has 9 heteroatoms. The number of amides is 1. The second-order valence-electron chi connectivity index (χ2n) is 6.16. The Kier molecular flexibility index (Phi) is 9.96. The van der Waals surface area contributed by atoms with Crippen molar-refractivity contribution < 1.29 is 13.2 Å². The highest BCUT2D eigenvalue weighted by atomic mass is 35.5. The molecular weight excluding hydrogens is 382 g/mol. The SMILES string of the molecule is Cl.NCCCCCCC(=O)N1CCC(NS(=O)(=O)c2cccs2)CC1. The zero-order chi connectivity index (χ0) is 17.4. The molecule has 0 bridgehead atoms. The zero-order valence-electron chi connectivity index (χ0n) is 14.4. The number of likely N-dealkylation sites (tertiary alicyclic amines) is 1. The van der Waals surface area contributed by atoms with Gasteiger partial charge in [0.15, 0.2) is 0 Å². The Morgan fingerprint density at radius 2 is 1.92 bits per heavy atom. The molecule has 2 rings (SSSR count). The number of rotatable bonds is 9. The van der Waals surface area contributed by atoms with E-state index in [9.17, 15) is 13.2 Å². The Morgan fingerprint density at radius 3 is 2.52 bits per heavy atom. The van der Waals surface area contributed by atoms with E-state index in [1.54, 1.807) is 17.5 Å². The molecule has 0 saturated carbocycles. The summed E-state index contributed by atoms with van der Waals surface area (Å²) in [5.74, 6) is 0.183. The lowest BCUT2D eigenvalue weighted by molar-refractivity contribution is -0.132. The van der Waals surface area contributed by atoms with E-state index in [1.165, 1.54) is 11.3 Å². The van der Waals surface area contributed by atoms with Gasteiger partial charge in [0.05, 0.1) is 0 Å². The average Bonchev–Trinajstić information content (AvgIpc) is 3.10. The van der Waals surface area contributed by atoms with E-state index < -0.39 is 10.0 Å². The largest absolute Gasteiger partial charge is 0.343 e. The third kappa shape index (κ3) is 7.22. The van der Waals surface area contributed by atoms with Crippen molar-refractivity contribution in [2.24, 2.45) is 5.73 Å². The number of nitrogens with zero attached hydrogens (tertiary/aromatic N) is 1. The van der Waals surface area contributed by atoms with Crippen LogP contribution in [0.2, 0.25) is 0 Å². The molecule has 0 aliphatic carbocycles. The van der Waals surface area contributed by atoms with Gasteiger partial charge in [-0.25, -0.2) is 13.1 Å². The topological polar surface area (TPSA) is 92.5 Å². The minimum Gasteiger partial charge on any atom is -0.343 e. The number of sulfonamides is 1. The zero-order valence-corrected chi connectivity index (χ0v) is 16.8. The van der Waals surface area contributed by atoms with E-state index in [-0.39, 0.29) is 24.4 Å². The predicted molar refractivity (Wildman–Crippen MR) is 104 cm³/mol. The summed E-state index contributed by atoms with van der Waals surface area (Å²) in [6.07, 6.45) is 5.97. The Bertz CT molecular complexity index is 600. The van der Waals surface area contributed by atoms with Crippen molar-refractivity contribution >= 4 is 39.7 Å². The van der Waals surface area contributed by atoms with E-state index in [4.69, 9.17) is 5.73 Å². The summed E-state index contributed by atoms with van der Waals surface area (Å²) in [6.45, 7) is 1.96. The first-order valence-electron chi connectivity index (χ1n) is 8.56. The van der Waals surface area contributed by atoms with Crippen LogP contribution in [0.25, 0.3) is 0 Å². The minimum absolute atomic E-state index is 0. The van der Waals surface area contributed by atoms with Crippen LogP contribution < -0.4 is 10.5 Å². The van der Waals surface area contributed by atoms with E-state index in [2.05, 4.69) is 4.72 Å². The molecule has 1 aromatic heterocycles. The Balaban J connectivity index is 0.00000312. The molecule has 25 heavy (non-hydrogen) atoms. The quantitative estimate of drug-likeness (QED) is 0.612. The Morgan fingerprint density at radius 1 is 1.24 bits per heavy atom. The van der Waals surface area contributed by atoms with Crippen LogP contribution in [0, 0.1) is 0 Å². The van der Waals surface area contributed by atoms with Crippen molar-refractivity contribution in [1.82, 2.24) is 9.62 Å². The number of halogens is 1. The maximum atomic E-state index is 12.2. The molecule has 0 radical (unpaired) electrons. The third-order valence-electron chi connectivity index (χ3n) is 4.27. The van der Waals surface area contributed by atoms with Gasteiger partial charge < -0.3 is 10.6 Å². The van der Waals surface area contributed by atoms with Gasteiger partial charge in [0, 0.05) is 25.6 Å². The van der Waals surface area contributed by atoms with Crippen molar-refractivity contribution in [3.8, 4) is 0 Å². The van der Waals surface area contributed by atoms with E-state index in [0.717, 1.165) is 25.7 Å². The highest BCUT2D eigenvalue weighted by Gasteiger charge is 2.26. The van der Waals surface area contributed by atoms with Crippen LogP contribution in [0.3, 0.4) is 0 Å². The van der Waals surface area contributed by atoms with Crippen molar-refractivity contribution in [2.45, 2.75) is 55.2 Å². The fourth-order valence-electron chi connectivity index (χ4n) is 2.87. The van der Waals surface area contributed by atoms with E-state index in [1.807, 2.05) is 4.90 Å². The maximum absolute atomic E-state index is 12.2. The third-order valence-corrected chi connectivity index (χ3v) is 7.19. The van der Waals surface area contributed by atoms with Crippen LogP contribution in [0.4, 0.5) is 0 Å². The molecule has 1 aromatic rings. The van der Waals surface area contributed by atoms with Crippen molar-refractivity contribution in [1.29, 1.82) is 0 Å². The van der Waals surface area contributed by atoms with Gasteiger partial charge in [-0.2, -0.15) is 0 Å². The molecule has 1 fully saturated rings. The van der Waals surface area contributed by atoms with Gasteiger partial charge in [0.1, 0.15) is 4.21 Å². The fourth-order valence-corrected chi connectivity index (χ4v) is 5.19. The summed E-state index contributed by atoms with van der Waals surface area (Å²) in [5, 5.41) is 1.75. The number of carbonyl (C=O) groups is 1. The summed E-state index contributed by atoms with van der Waals surface area (Å²) in [5.41, 5.74) is 5.45. The molecule has 0 atom stereocenters. The minimum atomic E-state index is -3.42. The highest BCUT2D eigenvalue weighted by molar-refractivity contribution is 7.91. The van der Waals surface area contributed by atoms with Crippen LogP contribution in [-0.2, 0) is 14.8 Å². The number of hydrogen-bond donors (Lipinski definition) is 2. The average molecular weight is 410 g/mol. The molecule has 0 unspecified atom stereocenters. The standard InChI is InChI=1S/C16H27N3O3S2.ClH/c17-10-4-2-1-3-6-15(20)19-11-8-14(9-12-19)18-24(21,22)16-7-5-13-23-16;/h5,7,13-14,18H,1-4,6,8-12,17H2;1H. The monoisotopic (exact) mass is 409 g/mol. The molecule has 0 aromatic carbocycles. The lowest BCUT2D eigenvalue weighted by Crippen LogP contribution is -2.46. The van der Waals surface area contributed by atoms with Crippen LogP contribution >= 0.6 is 23.7 Å². The molecule has 144 valence electrons. The number of carbonyl (C=O) groups excluding carboxylic acids is 1. The van der Waals surface area contributed by atoms with Crippen molar-refractivity contribution in [3.05, 3.63) is 17.5 Å². The number of nitrogens with one attached hydrogen (secondary N) is 1. The number of thiophene rings is 1. The molecule has 0 spiro atoms. The normalized spacial score (nSPS) is 15.8. The predicted octanol–water partition coefficient (Wildman–Crippen LogP) is 2.35. The highest BCUT2D eigenvalue weighted by Crippen LogP contribution is 2.19. The van der Waals surface area contributed by atoms with Crippen LogP contribution in [0.1, 0.15) is 44.9 Å². The number of unbranched alkanes of at least 4 members (excludes halogenated alkanes) is 3. The maximum Gasteiger partial charge on any atom is 0.250 e. The van der Waals surface area contributed by atoms with Crippen LogP contribution in [-0.4, -0.2) is 44.9 Å². The molecular formula is C16H28ClN3O3S2. The smallest absolute Gasteiger partial charge is 0.250 e. The lowest BCUT2D eigenvalue weighted by atomic mass is 10.1. The first-order chi connectivity index (χ1) is 11.5. The number of piperidine rings is 1. The van der Waals surface area contributed by atoms with Gasteiger partial charge in [-0.1, -0.05) is 18.9 Å². The van der Waals surface area contributed by atoms with E-state index in [0.29, 0.717) is 43.1 Å². The van der Waals surface area contributed by atoms with Gasteiger partial charge in [-0.3, -0.25) is 4.79 Å². The van der Waals surface area contributed by atoms with Crippen LogP contribution in [0.15, 0.2) is 21.7 Å². The van der Waals surface area contributed by atoms with E-state index >= 15 is 0 Å². The van der Waals surface area contributed by atoms with Gasteiger partial charge in [-0.05, 0) is 43.7 Å². The fraction of sp³-hybridized carbons (Fsp3) is 0.688. The number of hydrogen-bond acceptors (Lipinski definition) is 5. The van der Waals surface area contributed by atoms with Crippen molar-refractivity contribution in [2.75, 3.05) is 19.6 Å². The molecule has 1 aliphatic rings. The molecule has 2 heterocycles. The molecule has 1 aliphatic heterocycles. The molecule has 6 nitrogen and oxygen atoms in total. The van der Waals surface area contributed by atoms with Gasteiger partial charge >= 0.3 is 0 Å². The van der Waals surface area contributed by atoms with Gasteiger partial charge in [-0.15, -0.1) is 23.7 Å². The molecule has 1 amide bonds.